The van der Waals surface area contributed by atoms with Crippen LogP contribution in [0.25, 0.3) is 0 Å². The average Bonchev–Trinajstić information content (AvgIpc) is 2.46. The second-order valence-electron chi connectivity index (χ2n) is 3.77. The molecule has 7 heteroatoms. The maximum atomic E-state index is 11.8. The number of rotatable bonds is 5. The van der Waals surface area contributed by atoms with E-state index in [0.29, 0.717) is 11.1 Å². The van der Waals surface area contributed by atoms with Crippen molar-refractivity contribution in [3.8, 4) is 5.75 Å². The van der Waals surface area contributed by atoms with Crippen LogP contribution in [0, 0.1) is 10.1 Å². The van der Waals surface area contributed by atoms with Gasteiger partial charge in [0.15, 0.2) is 0 Å². The third kappa shape index (κ3) is 3.77. The Morgan fingerprint density at radius 1 is 1.25 bits per heavy atom. The molecule has 1 aromatic carbocycles. The van der Waals surface area contributed by atoms with E-state index < -0.39 is 11.1 Å². The lowest BCUT2D eigenvalue weighted by Gasteiger charge is -2.06. The fraction of sp³-hybridized carbons (Fsp3) is 0.0769. The molecule has 0 aliphatic heterocycles. The van der Waals surface area contributed by atoms with Gasteiger partial charge in [0, 0.05) is 12.4 Å². The molecule has 0 unspecified atom stereocenters. The largest absolute Gasteiger partial charge is 0.423 e. The van der Waals surface area contributed by atoms with Crippen LogP contribution < -0.4 is 4.74 Å². The summed E-state index contributed by atoms with van der Waals surface area (Å²) in [6, 6.07) is 9.39. The Balaban J connectivity index is 2.04. The van der Waals surface area contributed by atoms with E-state index >= 15 is 0 Å². The summed E-state index contributed by atoms with van der Waals surface area (Å²) in [5.74, 6) is -0.240. The lowest BCUT2D eigenvalue weighted by Crippen LogP contribution is -2.08. The molecule has 0 amide bonds. The molecule has 0 N–H and O–H groups in total. The molecule has 0 radical (unpaired) electrons. The predicted octanol–water partition coefficient (Wildman–Crippen LogP) is 2.01. The fourth-order valence-corrected chi connectivity index (χ4v) is 1.48. The molecule has 2 rings (SSSR count). The summed E-state index contributed by atoms with van der Waals surface area (Å²) >= 11 is 0. The number of pyridine rings is 1. The monoisotopic (exact) mass is 274 g/mol. The molecule has 1 aromatic heterocycles. The fourth-order valence-electron chi connectivity index (χ4n) is 1.48. The van der Waals surface area contributed by atoms with Crippen LogP contribution in [-0.2, 0) is 11.4 Å². The Bertz CT molecular complexity index is 615. The number of ether oxygens (including phenoxy) is 1. The van der Waals surface area contributed by atoms with Crippen molar-refractivity contribution in [1.29, 1.82) is 0 Å². The normalized spacial score (nSPS) is 9.80. The van der Waals surface area contributed by atoms with E-state index in [-0.39, 0.29) is 12.4 Å². The van der Waals surface area contributed by atoms with Crippen LogP contribution in [0.15, 0.2) is 48.8 Å². The van der Waals surface area contributed by atoms with Crippen molar-refractivity contribution >= 4 is 5.97 Å². The van der Waals surface area contributed by atoms with E-state index in [9.17, 15) is 14.9 Å². The van der Waals surface area contributed by atoms with Gasteiger partial charge < -0.3 is 9.57 Å². The van der Waals surface area contributed by atoms with Crippen LogP contribution in [0.3, 0.4) is 0 Å². The van der Waals surface area contributed by atoms with Crippen molar-refractivity contribution in [2.45, 2.75) is 6.61 Å². The predicted molar refractivity (Wildman–Crippen MR) is 67.4 cm³/mol. The zero-order valence-electron chi connectivity index (χ0n) is 10.3. The van der Waals surface area contributed by atoms with Gasteiger partial charge in [0.05, 0.1) is 5.56 Å². The summed E-state index contributed by atoms with van der Waals surface area (Å²) in [6.07, 6.45) is 2.97. The zero-order chi connectivity index (χ0) is 14.4. The summed E-state index contributed by atoms with van der Waals surface area (Å²) < 4.78 is 5.16. The Morgan fingerprint density at radius 3 is 2.70 bits per heavy atom. The number of carbonyl (C=O) groups is 1. The van der Waals surface area contributed by atoms with Gasteiger partial charge in [-0.05, 0) is 29.8 Å². The van der Waals surface area contributed by atoms with Gasteiger partial charge in [-0.1, -0.05) is 12.1 Å². The summed E-state index contributed by atoms with van der Waals surface area (Å²) in [7, 11) is 0. The van der Waals surface area contributed by atoms with E-state index in [1.807, 2.05) is 0 Å². The molecule has 0 atom stereocenters. The number of hydrogen-bond donors (Lipinski definition) is 0. The molecule has 0 spiro atoms. The highest BCUT2D eigenvalue weighted by Gasteiger charge is 2.08. The molecule has 0 saturated carbocycles. The van der Waals surface area contributed by atoms with Crippen molar-refractivity contribution in [1.82, 2.24) is 4.98 Å². The van der Waals surface area contributed by atoms with Gasteiger partial charge in [-0.15, -0.1) is 10.1 Å². The van der Waals surface area contributed by atoms with Gasteiger partial charge in [-0.25, -0.2) is 4.79 Å². The van der Waals surface area contributed by atoms with Crippen LogP contribution in [0.5, 0.6) is 5.75 Å². The lowest BCUT2D eigenvalue weighted by molar-refractivity contribution is -0.763. The van der Waals surface area contributed by atoms with E-state index in [1.54, 1.807) is 18.2 Å². The van der Waals surface area contributed by atoms with Crippen molar-refractivity contribution in [2.75, 3.05) is 0 Å². The maximum Gasteiger partial charge on any atom is 0.343 e. The second kappa shape index (κ2) is 6.28. The summed E-state index contributed by atoms with van der Waals surface area (Å²) in [4.78, 5) is 30.0. The van der Waals surface area contributed by atoms with Gasteiger partial charge in [0.2, 0.25) is 0 Å². The molecule has 0 bridgehead atoms. The average molecular weight is 274 g/mol. The number of hydrogen-bond acceptors (Lipinski definition) is 6. The van der Waals surface area contributed by atoms with E-state index in [2.05, 4.69) is 9.82 Å². The number of benzene rings is 1. The van der Waals surface area contributed by atoms with Gasteiger partial charge in [-0.3, -0.25) is 4.98 Å². The molecule has 7 nitrogen and oxygen atoms in total. The van der Waals surface area contributed by atoms with E-state index in [0.717, 1.165) is 0 Å². The highest BCUT2D eigenvalue weighted by Crippen LogP contribution is 2.15. The van der Waals surface area contributed by atoms with Crippen LogP contribution in [0.1, 0.15) is 15.9 Å². The molecule has 0 fully saturated rings. The standard InChI is InChI=1S/C13H10N2O5/c16-13(11-4-6-14-7-5-11)20-12-3-1-2-10(8-12)9-19-15(17)18/h1-8H,9H2. The van der Waals surface area contributed by atoms with Crippen molar-refractivity contribution in [2.24, 2.45) is 0 Å². The number of esters is 1. The molecule has 0 aliphatic carbocycles. The van der Waals surface area contributed by atoms with E-state index in [4.69, 9.17) is 4.74 Å². The molecular weight excluding hydrogens is 264 g/mol. The first-order valence-electron chi connectivity index (χ1n) is 5.63. The SMILES string of the molecule is O=C(Oc1cccc(CO[N+](=O)[O-])c1)c1ccncc1. The van der Waals surface area contributed by atoms with Gasteiger partial charge in [0.1, 0.15) is 12.4 Å². The topological polar surface area (TPSA) is 91.6 Å². The Hall–Kier alpha value is -2.96. The first kappa shape index (κ1) is 13.5. The molecule has 0 saturated heterocycles. The van der Waals surface area contributed by atoms with Crippen LogP contribution in [-0.4, -0.2) is 16.0 Å². The van der Waals surface area contributed by atoms with Crippen LogP contribution in [0.4, 0.5) is 0 Å². The highest BCUT2D eigenvalue weighted by molar-refractivity contribution is 5.90. The van der Waals surface area contributed by atoms with E-state index in [1.165, 1.54) is 30.6 Å². The molecular formula is C13H10N2O5. The van der Waals surface area contributed by atoms with Gasteiger partial charge in [-0.2, -0.15) is 0 Å². The van der Waals surface area contributed by atoms with Crippen LogP contribution >= 0.6 is 0 Å². The lowest BCUT2D eigenvalue weighted by atomic mass is 10.2. The molecule has 102 valence electrons. The number of nitrogens with zero attached hydrogens (tertiary/aromatic N) is 2. The summed E-state index contributed by atoms with van der Waals surface area (Å²) in [5.41, 5.74) is 0.897. The van der Waals surface area contributed by atoms with Gasteiger partial charge in [0.25, 0.3) is 5.09 Å². The minimum atomic E-state index is -0.879. The highest BCUT2D eigenvalue weighted by atomic mass is 16.9. The third-order valence-corrected chi connectivity index (χ3v) is 2.36. The third-order valence-electron chi connectivity index (χ3n) is 2.36. The van der Waals surface area contributed by atoms with Crippen molar-refractivity contribution in [3.63, 3.8) is 0 Å². The quantitative estimate of drug-likeness (QED) is 0.358. The number of aromatic nitrogens is 1. The zero-order valence-corrected chi connectivity index (χ0v) is 10.3. The molecule has 20 heavy (non-hydrogen) atoms. The Labute approximate surface area is 113 Å². The van der Waals surface area contributed by atoms with Crippen LogP contribution in [0.2, 0.25) is 0 Å². The van der Waals surface area contributed by atoms with Crippen molar-refractivity contribution < 1.29 is 19.5 Å². The molecule has 0 aliphatic rings. The molecule has 2 aromatic rings. The summed E-state index contributed by atoms with van der Waals surface area (Å²) in [5, 5.41) is 9.23. The minimum Gasteiger partial charge on any atom is -0.423 e. The van der Waals surface area contributed by atoms with Crippen molar-refractivity contribution in [3.05, 3.63) is 70.0 Å². The smallest absolute Gasteiger partial charge is 0.343 e. The minimum absolute atomic E-state index is 0.201. The first-order valence-corrected chi connectivity index (χ1v) is 5.63. The Kier molecular flexibility index (Phi) is 4.23. The number of carbonyl (C=O) groups excluding carboxylic acids is 1. The molecule has 1 heterocycles. The summed E-state index contributed by atoms with van der Waals surface area (Å²) in [6.45, 7) is -0.201. The second-order valence-corrected chi connectivity index (χ2v) is 3.77. The Morgan fingerprint density at radius 2 is 2.00 bits per heavy atom. The maximum absolute atomic E-state index is 11.8. The van der Waals surface area contributed by atoms with Gasteiger partial charge >= 0.3 is 5.97 Å². The first-order chi connectivity index (χ1) is 9.65.